The summed E-state index contributed by atoms with van der Waals surface area (Å²) in [5.74, 6) is 0. The molecule has 2 aromatic rings. The van der Waals surface area contributed by atoms with Gasteiger partial charge < -0.3 is 0 Å². The molecule has 3 rings (SSSR count). The molecule has 1 heteroatoms. The van der Waals surface area contributed by atoms with Gasteiger partial charge in [0, 0.05) is 25.8 Å². The average molecular weight is 390 g/mol. The summed E-state index contributed by atoms with van der Waals surface area (Å²) in [6.45, 7) is 6.99. The molecular formula is C16H19Hf-. The number of fused-ring (bicyclic) bond motifs is 2. The molecule has 0 spiro atoms. The minimum absolute atomic E-state index is 0. The first-order valence-electron chi connectivity index (χ1n) is 6.29. The summed E-state index contributed by atoms with van der Waals surface area (Å²) in [5.41, 5.74) is 5.12. The van der Waals surface area contributed by atoms with Crippen molar-refractivity contribution in [2.75, 3.05) is 0 Å². The van der Waals surface area contributed by atoms with Crippen molar-refractivity contribution in [2.24, 2.45) is 5.41 Å². The molecule has 0 atom stereocenters. The summed E-state index contributed by atoms with van der Waals surface area (Å²) < 4.78 is 0. The van der Waals surface area contributed by atoms with Gasteiger partial charge in [-0.2, -0.15) is 6.07 Å². The Kier molecular flexibility index (Phi) is 3.42. The third-order valence-electron chi connectivity index (χ3n) is 3.90. The van der Waals surface area contributed by atoms with E-state index in [9.17, 15) is 0 Å². The SMILES string of the molecule is CC[c-]1ccc2cc3c(cc21)CC(C)(C)C3.[Hf]. The van der Waals surface area contributed by atoms with Crippen LogP contribution >= 0.6 is 0 Å². The van der Waals surface area contributed by atoms with Crippen molar-refractivity contribution in [3.05, 3.63) is 41.0 Å². The van der Waals surface area contributed by atoms with Crippen molar-refractivity contribution in [1.29, 1.82) is 0 Å². The van der Waals surface area contributed by atoms with Crippen LogP contribution in [0.25, 0.3) is 10.8 Å². The second-order valence-corrected chi connectivity index (χ2v) is 5.94. The molecule has 0 amide bonds. The first-order valence-corrected chi connectivity index (χ1v) is 6.29. The number of aryl methyl sites for hydroxylation is 1. The van der Waals surface area contributed by atoms with Gasteiger partial charge in [0.2, 0.25) is 0 Å². The van der Waals surface area contributed by atoms with Crippen molar-refractivity contribution >= 4 is 10.8 Å². The van der Waals surface area contributed by atoms with Gasteiger partial charge in [-0.3, -0.25) is 0 Å². The number of benzene rings is 1. The molecule has 0 N–H and O–H groups in total. The molecular weight excluding hydrogens is 371 g/mol. The Balaban J connectivity index is 0.00000108. The maximum absolute atomic E-state index is 2.44. The second-order valence-electron chi connectivity index (χ2n) is 5.94. The van der Waals surface area contributed by atoms with E-state index in [4.69, 9.17) is 0 Å². The molecule has 88 valence electrons. The van der Waals surface area contributed by atoms with Crippen molar-refractivity contribution in [3.8, 4) is 0 Å². The maximum atomic E-state index is 2.44. The fraction of sp³-hybridized carbons (Fsp3) is 0.438. The van der Waals surface area contributed by atoms with Crippen LogP contribution in [0.2, 0.25) is 0 Å². The normalized spacial score (nSPS) is 16.9. The van der Waals surface area contributed by atoms with E-state index < -0.39 is 0 Å². The van der Waals surface area contributed by atoms with Gasteiger partial charge in [-0.05, 0) is 18.3 Å². The number of rotatable bonds is 1. The van der Waals surface area contributed by atoms with Gasteiger partial charge in [0.15, 0.2) is 0 Å². The smallest absolute Gasteiger partial charge is 0 e. The Hall–Kier alpha value is -0.300. The van der Waals surface area contributed by atoms with Gasteiger partial charge in [0.1, 0.15) is 0 Å². The van der Waals surface area contributed by atoms with Gasteiger partial charge in [0.05, 0.1) is 0 Å². The van der Waals surface area contributed by atoms with E-state index in [2.05, 4.69) is 45.0 Å². The van der Waals surface area contributed by atoms with Crippen molar-refractivity contribution < 1.29 is 25.8 Å². The third kappa shape index (κ3) is 2.19. The van der Waals surface area contributed by atoms with Crippen LogP contribution in [-0.2, 0) is 45.1 Å². The summed E-state index contributed by atoms with van der Waals surface area (Å²) >= 11 is 0. The van der Waals surface area contributed by atoms with Crippen molar-refractivity contribution in [1.82, 2.24) is 0 Å². The molecule has 0 heterocycles. The van der Waals surface area contributed by atoms with E-state index in [0.717, 1.165) is 6.42 Å². The molecule has 0 saturated carbocycles. The largest absolute Gasteiger partial charge is 0.168 e. The van der Waals surface area contributed by atoms with Crippen molar-refractivity contribution in [2.45, 2.75) is 40.0 Å². The van der Waals surface area contributed by atoms with E-state index in [1.807, 2.05) is 0 Å². The summed E-state index contributed by atoms with van der Waals surface area (Å²) in [5, 5.41) is 2.92. The summed E-state index contributed by atoms with van der Waals surface area (Å²) in [7, 11) is 0. The summed E-state index contributed by atoms with van der Waals surface area (Å²) in [6, 6.07) is 9.42. The average Bonchev–Trinajstić information content (AvgIpc) is 2.71. The van der Waals surface area contributed by atoms with E-state index in [1.165, 1.54) is 29.2 Å². The Morgan fingerprint density at radius 2 is 1.82 bits per heavy atom. The van der Waals surface area contributed by atoms with Crippen LogP contribution in [0.4, 0.5) is 0 Å². The summed E-state index contributed by atoms with van der Waals surface area (Å²) in [4.78, 5) is 0. The van der Waals surface area contributed by atoms with E-state index in [0.29, 0.717) is 5.41 Å². The van der Waals surface area contributed by atoms with Crippen LogP contribution in [-0.4, -0.2) is 0 Å². The number of hydrogen-bond donors (Lipinski definition) is 0. The predicted molar refractivity (Wildman–Crippen MR) is 70.1 cm³/mol. The van der Waals surface area contributed by atoms with Crippen LogP contribution in [0.5, 0.6) is 0 Å². The van der Waals surface area contributed by atoms with Crippen LogP contribution < -0.4 is 0 Å². The van der Waals surface area contributed by atoms with Crippen molar-refractivity contribution in [3.63, 3.8) is 0 Å². The zero-order chi connectivity index (χ0) is 11.3. The fourth-order valence-corrected chi connectivity index (χ4v) is 3.14. The Morgan fingerprint density at radius 3 is 2.47 bits per heavy atom. The molecule has 0 saturated heterocycles. The summed E-state index contributed by atoms with van der Waals surface area (Å²) in [6.07, 6.45) is 3.63. The van der Waals surface area contributed by atoms with Gasteiger partial charge >= 0.3 is 0 Å². The molecule has 0 aromatic heterocycles. The minimum atomic E-state index is 0. The molecule has 0 radical (unpaired) electrons. The Labute approximate surface area is 123 Å². The maximum Gasteiger partial charge on any atom is 0 e. The second kappa shape index (κ2) is 4.42. The van der Waals surface area contributed by atoms with Gasteiger partial charge in [-0.1, -0.05) is 38.3 Å². The molecule has 0 unspecified atom stereocenters. The molecule has 0 aliphatic heterocycles. The molecule has 2 aromatic carbocycles. The molecule has 1 aliphatic rings. The molecule has 0 bridgehead atoms. The zero-order valence-electron chi connectivity index (χ0n) is 10.9. The minimum Gasteiger partial charge on any atom is -0.168 e. The first kappa shape index (κ1) is 13.1. The molecule has 1 aliphatic carbocycles. The molecule has 17 heavy (non-hydrogen) atoms. The third-order valence-corrected chi connectivity index (χ3v) is 3.90. The van der Waals surface area contributed by atoms with Crippen LogP contribution in [0.1, 0.15) is 37.5 Å². The Morgan fingerprint density at radius 1 is 1.18 bits per heavy atom. The van der Waals surface area contributed by atoms with E-state index >= 15 is 0 Å². The number of hydrogen-bond acceptors (Lipinski definition) is 0. The fourth-order valence-electron chi connectivity index (χ4n) is 3.14. The first-order chi connectivity index (χ1) is 7.59. The molecule has 0 fully saturated rings. The van der Waals surface area contributed by atoms with Gasteiger partial charge in [-0.25, -0.2) is 0 Å². The predicted octanol–water partition coefficient (Wildman–Crippen LogP) is 4.24. The van der Waals surface area contributed by atoms with Gasteiger partial charge in [-0.15, -0.1) is 34.5 Å². The quantitative estimate of drug-likeness (QED) is 0.505. The van der Waals surface area contributed by atoms with Crippen LogP contribution in [0, 0.1) is 5.41 Å². The van der Waals surface area contributed by atoms with E-state index in [-0.39, 0.29) is 25.8 Å². The zero-order valence-corrected chi connectivity index (χ0v) is 14.5. The van der Waals surface area contributed by atoms with Gasteiger partial charge in [0.25, 0.3) is 0 Å². The topological polar surface area (TPSA) is 0 Å². The monoisotopic (exact) mass is 391 g/mol. The van der Waals surface area contributed by atoms with Crippen LogP contribution in [0.15, 0.2) is 24.3 Å². The Bertz CT molecular complexity index is 546. The molecule has 0 nitrogen and oxygen atoms in total. The standard InChI is InChI=1S/C16H19.Hf/c1-4-11-5-6-12-7-13-9-16(2,3)10-14(13)8-15(11)12;/h5-8H,4,9-10H2,1-3H3;/q-1;. The van der Waals surface area contributed by atoms with Crippen LogP contribution in [0.3, 0.4) is 0 Å². The van der Waals surface area contributed by atoms with E-state index in [1.54, 1.807) is 11.1 Å².